The van der Waals surface area contributed by atoms with E-state index < -0.39 is 0 Å². The molecule has 0 aromatic carbocycles. The van der Waals surface area contributed by atoms with Gasteiger partial charge in [-0.2, -0.15) is 5.10 Å². The van der Waals surface area contributed by atoms with E-state index in [1.165, 1.54) is 11.3 Å². The first-order chi connectivity index (χ1) is 9.63. The molecule has 2 aromatic rings. The molecule has 0 N–H and O–H groups in total. The van der Waals surface area contributed by atoms with E-state index in [9.17, 15) is 4.79 Å². The van der Waals surface area contributed by atoms with Gasteiger partial charge in [0.1, 0.15) is 5.69 Å². The highest BCUT2D eigenvalue weighted by atomic mass is 32.1. The van der Waals surface area contributed by atoms with E-state index in [4.69, 9.17) is 0 Å². The molecule has 1 aliphatic rings. The van der Waals surface area contributed by atoms with E-state index in [1.54, 1.807) is 0 Å². The van der Waals surface area contributed by atoms with Gasteiger partial charge in [0.05, 0.1) is 23.8 Å². The van der Waals surface area contributed by atoms with E-state index in [-0.39, 0.29) is 11.9 Å². The van der Waals surface area contributed by atoms with Crippen LogP contribution in [-0.4, -0.2) is 38.2 Å². The van der Waals surface area contributed by atoms with E-state index >= 15 is 0 Å². The number of nitrogens with zero attached hydrogens (tertiary/aromatic N) is 4. The van der Waals surface area contributed by atoms with E-state index in [1.807, 2.05) is 41.2 Å². The van der Waals surface area contributed by atoms with Crippen molar-refractivity contribution in [3.63, 3.8) is 0 Å². The molecule has 3 heterocycles. The van der Waals surface area contributed by atoms with E-state index in [2.05, 4.69) is 10.1 Å². The number of hydrogen-bond acceptors (Lipinski definition) is 4. The van der Waals surface area contributed by atoms with Crippen molar-refractivity contribution in [2.75, 3.05) is 6.54 Å². The number of aryl methyl sites for hydroxylation is 2. The van der Waals surface area contributed by atoms with Crippen molar-refractivity contribution in [2.24, 2.45) is 0 Å². The van der Waals surface area contributed by atoms with Gasteiger partial charge in [0.2, 0.25) is 0 Å². The van der Waals surface area contributed by atoms with Gasteiger partial charge in [0.15, 0.2) is 0 Å². The lowest BCUT2D eigenvalue weighted by atomic mass is 10.2. The Labute approximate surface area is 122 Å². The highest BCUT2D eigenvalue weighted by Gasteiger charge is 2.30. The average Bonchev–Trinajstić information content (AvgIpc) is 3.11. The summed E-state index contributed by atoms with van der Waals surface area (Å²) in [5, 5.41) is 7.10. The van der Waals surface area contributed by atoms with Gasteiger partial charge < -0.3 is 4.90 Å². The Balaban J connectivity index is 1.73. The van der Waals surface area contributed by atoms with E-state index in [0.29, 0.717) is 5.69 Å². The summed E-state index contributed by atoms with van der Waals surface area (Å²) in [7, 11) is 0. The summed E-state index contributed by atoms with van der Waals surface area (Å²) < 4.78 is 1.93. The molecule has 0 bridgehead atoms. The van der Waals surface area contributed by atoms with Crippen LogP contribution < -0.4 is 0 Å². The van der Waals surface area contributed by atoms with Crippen LogP contribution in [0.2, 0.25) is 0 Å². The molecule has 5 nitrogen and oxygen atoms in total. The zero-order valence-electron chi connectivity index (χ0n) is 11.7. The number of amides is 1. The first-order valence-electron chi connectivity index (χ1n) is 6.85. The highest BCUT2D eigenvalue weighted by molar-refractivity contribution is 7.09. The molecule has 20 heavy (non-hydrogen) atoms. The van der Waals surface area contributed by atoms with Gasteiger partial charge in [-0.25, -0.2) is 4.98 Å². The summed E-state index contributed by atoms with van der Waals surface area (Å²) in [6, 6.07) is 0.226. The minimum atomic E-state index is 0.0562. The first-order valence-corrected chi connectivity index (χ1v) is 7.73. The normalized spacial score (nSPS) is 18.7. The standard InChI is InChI=1S/C14H18N4OS/c1-10-6-15-17(7-10)8-12-4-3-5-18(12)14(19)13-9-20-11(2)16-13/h6-7,9,12H,3-5,8H2,1-2H3/t12-/m0/s1. The van der Waals surface area contributed by atoms with Gasteiger partial charge >= 0.3 is 0 Å². The smallest absolute Gasteiger partial charge is 0.273 e. The summed E-state index contributed by atoms with van der Waals surface area (Å²) in [5.74, 6) is 0.0562. The van der Waals surface area contributed by atoms with Crippen LogP contribution in [0.1, 0.15) is 33.9 Å². The molecular weight excluding hydrogens is 272 g/mol. The van der Waals surface area contributed by atoms with Crippen LogP contribution in [0.5, 0.6) is 0 Å². The Morgan fingerprint density at radius 1 is 1.50 bits per heavy atom. The molecule has 0 spiro atoms. The topological polar surface area (TPSA) is 51.0 Å². The lowest BCUT2D eigenvalue weighted by molar-refractivity contribution is 0.0716. The minimum absolute atomic E-state index is 0.0562. The van der Waals surface area contributed by atoms with Crippen molar-refractivity contribution in [1.29, 1.82) is 0 Å². The van der Waals surface area contributed by atoms with Crippen LogP contribution in [-0.2, 0) is 6.54 Å². The third-order valence-electron chi connectivity index (χ3n) is 3.64. The number of hydrogen-bond donors (Lipinski definition) is 0. The Bertz CT molecular complexity index is 618. The maximum absolute atomic E-state index is 12.5. The van der Waals surface area contributed by atoms with Crippen LogP contribution in [0.4, 0.5) is 0 Å². The maximum atomic E-state index is 12.5. The molecule has 1 amide bonds. The molecule has 0 aliphatic carbocycles. The van der Waals surface area contributed by atoms with Crippen LogP contribution in [0, 0.1) is 13.8 Å². The van der Waals surface area contributed by atoms with E-state index in [0.717, 1.165) is 36.5 Å². The monoisotopic (exact) mass is 290 g/mol. The molecule has 1 saturated heterocycles. The SMILES string of the molecule is Cc1cnn(C[C@@H]2CCCN2C(=O)c2csc(C)n2)c1. The number of aromatic nitrogens is 3. The Hall–Kier alpha value is -1.69. The predicted molar refractivity (Wildman–Crippen MR) is 77.9 cm³/mol. The van der Waals surface area contributed by atoms with Gasteiger partial charge in [-0.3, -0.25) is 9.48 Å². The second kappa shape index (κ2) is 5.36. The first kappa shape index (κ1) is 13.3. The van der Waals surface area contributed by atoms with Crippen molar-refractivity contribution in [3.8, 4) is 0 Å². The fourth-order valence-electron chi connectivity index (χ4n) is 2.68. The van der Waals surface area contributed by atoms with Crippen molar-refractivity contribution in [2.45, 2.75) is 39.3 Å². The number of carbonyl (C=O) groups is 1. The molecule has 6 heteroatoms. The number of likely N-dealkylation sites (tertiary alicyclic amines) is 1. The average molecular weight is 290 g/mol. The molecule has 0 radical (unpaired) electrons. The maximum Gasteiger partial charge on any atom is 0.273 e. The fraction of sp³-hybridized carbons (Fsp3) is 0.500. The lowest BCUT2D eigenvalue weighted by Crippen LogP contribution is -2.38. The van der Waals surface area contributed by atoms with Gasteiger partial charge in [0, 0.05) is 18.1 Å². The molecular formula is C14H18N4OS. The zero-order chi connectivity index (χ0) is 14.1. The minimum Gasteiger partial charge on any atom is -0.332 e. The molecule has 0 unspecified atom stereocenters. The number of thiazole rings is 1. The lowest BCUT2D eigenvalue weighted by Gasteiger charge is -2.23. The van der Waals surface area contributed by atoms with Crippen molar-refractivity contribution >= 4 is 17.2 Å². The van der Waals surface area contributed by atoms with Crippen LogP contribution in [0.3, 0.4) is 0 Å². The largest absolute Gasteiger partial charge is 0.332 e. The predicted octanol–water partition coefficient (Wildman–Crippen LogP) is 2.26. The molecule has 3 rings (SSSR count). The van der Waals surface area contributed by atoms with Crippen molar-refractivity contribution < 1.29 is 4.79 Å². The Morgan fingerprint density at radius 2 is 2.35 bits per heavy atom. The summed E-state index contributed by atoms with van der Waals surface area (Å²) >= 11 is 1.52. The van der Waals surface area contributed by atoms with Gasteiger partial charge in [-0.1, -0.05) is 0 Å². The summed E-state index contributed by atoms with van der Waals surface area (Å²) in [6.45, 7) is 5.54. The van der Waals surface area contributed by atoms with Crippen LogP contribution in [0.25, 0.3) is 0 Å². The Morgan fingerprint density at radius 3 is 3.00 bits per heavy atom. The van der Waals surface area contributed by atoms with Crippen LogP contribution >= 0.6 is 11.3 Å². The second-order valence-electron chi connectivity index (χ2n) is 5.29. The number of carbonyl (C=O) groups excluding carboxylic acids is 1. The summed E-state index contributed by atoms with van der Waals surface area (Å²) in [6.07, 6.45) is 5.96. The highest BCUT2D eigenvalue weighted by Crippen LogP contribution is 2.22. The van der Waals surface area contributed by atoms with Crippen LogP contribution in [0.15, 0.2) is 17.8 Å². The Kier molecular flexibility index (Phi) is 3.56. The van der Waals surface area contributed by atoms with Crippen molar-refractivity contribution in [3.05, 3.63) is 34.0 Å². The van der Waals surface area contributed by atoms with Gasteiger partial charge in [-0.05, 0) is 32.3 Å². The molecule has 1 fully saturated rings. The summed E-state index contributed by atoms with van der Waals surface area (Å²) in [5.41, 5.74) is 1.73. The summed E-state index contributed by atoms with van der Waals surface area (Å²) in [4.78, 5) is 18.8. The molecule has 0 saturated carbocycles. The van der Waals surface area contributed by atoms with Gasteiger partial charge in [0.25, 0.3) is 5.91 Å². The number of rotatable bonds is 3. The quantitative estimate of drug-likeness (QED) is 0.871. The fourth-order valence-corrected chi connectivity index (χ4v) is 3.27. The molecule has 1 aliphatic heterocycles. The molecule has 1 atom stereocenters. The zero-order valence-corrected chi connectivity index (χ0v) is 12.6. The van der Waals surface area contributed by atoms with Crippen molar-refractivity contribution in [1.82, 2.24) is 19.7 Å². The second-order valence-corrected chi connectivity index (χ2v) is 6.35. The third kappa shape index (κ3) is 2.60. The molecule has 2 aromatic heterocycles. The molecule has 106 valence electrons. The third-order valence-corrected chi connectivity index (χ3v) is 4.41. The van der Waals surface area contributed by atoms with Gasteiger partial charge in [-0.15, -0.1) is 11.3 Å².